The molecule has 0 bridgehead atoms. The van der Waals surface area contributed by atoms with Crippen LogP contribution in [0.2, 0.25) is 0 Å². The maximum atomic E-state index is 13.7. The zero-order valence-electron chi connectivity index (χ0n) is 22.2. The molecule has 38 heavy (non-hydrogen) atoms. The van der Waals surface area contributed by atoms with Gasteiger partial charge in [0.25, 0.3) is 5.91 Å². The van der Waals surface area contributed by atoms with Crippen molar-refractivity contribution in [2.75, 3.05) is 6.61 Å². The average molecular weight is 578 g/mol. The molecule has 1 aliphatic carbocycles. The van der Waals surface area contributed by atoms with E-state index in [-0.39, 0.29) is 24.5 Å². The number of rotatable bonds is 11. The summed E-state index contributed by atoms with van der Waals surface area (Å²) in [5.74, 6) is 0.737. The fourth-order valence-electron chi connectivity index (χ4n) is 4.88. The molecule has 0 heterocycles. The maximum Gasteiger partial charge on any atom is 0.261 e. The van der Waals surface area contributed by atoms with Crippen LogP contribution in [0.4, 0.5) is 0 Å². The number of amides is 2. The molecule has 1 N–H and O–H groups in total. The van der Waals surface area contributed by atoms with Crippen molar-refractivity contribution in [1.29, 1.82) is 0 Å². The summed E-state index contributed by atoms with van der Waals surface area (Å²) in [6.07, 6.45) is 4.66. The summed E-state index contributed by atoms with van der Waals surface area (Å²) in [6.45, 7) is 4.46. The molecule has 0 saturated heterocycles. The quantitative estimate of drug-likeness (QED) is 0.278. The van der Waals surface area contributed by atoms with E-state index in [0.29, 0.717) is 24.6 Å². The summed E-state index contributed by atoms with van der Waals surface area (Å²) in [5, 5.41) is 3.24. The molecule has 2 amide bonds. The third kappa shape index (κ3) is 7.94. The Morgan fingerprint density at radius 3 is 2.21 bits per heavy atom. The molecule has 6 heteroatoms. The minimum atomic E-state index is -0.652. The van der Waals surface area contributed by atoms with Crippen molar-refractivity contribution in [2.45, 2.75) is 70.5 Å². The molecule has 1 fully saturated rings. The fourth-order valence-corrected chi connectivity index (χ4v) is 5.15. The van der Waals surface area contributed by atoms with Crippen molar-refractivity contribution >= 4 is 27.7 Å². The van der Waals surface area contributed by atoms with Crippen LogP contribution in [0, 0.1) is 0 Å². The van der Waals surface area contributed by atoms with E-state index in [9.17, 15) is 9.59 Å². The van der Waals surface area contributed by atoms with Gasteiger partial charge in [-0.3, -0.25) is 9.59 Å². The van der Waals surface area contributed by atoms with Crippen molar-refractivity contribution in [3.63, 3.8) is 0 Å². The number of nitrogens with one attached hydrogen (secondary N) is 1. The highest BCUT2D eigenvalue weighted by Gasteiger charge is 2.32. The van der Waals surface area contributed by atoms with Gasteiger partial charge in [-0.05, 0) is 59.7 Å². The van der Waals surface area contributed by atoms with Crippen LogP contribution in [0.3, 0.4) is 0 Å². The summed E-state index contributed by atoms with van der Waals surface area (Å²) in [5.41, 5.74) is 3.18. The molecule has 3 aromatic rings. The predicted octanol–water partition coefficient (Wildman–Crippen LogP) is 6.65. The Bertz CT molecular complexity index is 1170. The second-order valence-electron chi connectivity index (χ2n) is 10.4. The van der Waals surface area contributed by atoms with Gasteiger partial charge in [-0.1, -0.05) is 97.2 Å². The average Bonchev–Trinajstić information content (AvgIpc) is 3.44. The largest absolute Gasteiger partial charge is 0.484 e. The fraction of sp³-hybridized carbons (Fsp3) is 0.375. The molecule has 200 valence electrons. The Morgan fingerprint density at radius 2 is 1.58 bits per heavy atom. The van der Waals surface area contributed by atoms with E-state index in [2.05, 4.69) is 35.1 Å². The number of halogens is 1. The third-order valence-corrected chi connectivity index (χ3v) is 7.68. The molecular formula is C32H37BrN2O3. The summed E-state index contributed by atoms with van der Waals surface area (Å²) in [4.78, 5) is 29.1. The van der Waals surface area contributed by atoms with E-state index in [1.54, 1.807) is 4.90 Å². The van der Waals surface area contributed by atoms with Gasteiger partial charge in [-0.15, -0.1) is 0 Å². The molecule has 0 aliphatic heterocycles. The van der Waals surface area contributed by atoms with Crippen LogP contribution in [-0.4, -0.2) is 35.4 Å². The highest BCUT2D eigenvalue weighted by Crippen LogP contribution is 2.22. The second kappa shape index (κ2) is 13.6. The van der Waals surface area contributed by atoms with E-state index in [1.165, 1.54) is 5.56 Å². The molecule has 3 aromatic carbocycles. The van der Waals surface area contributed by atoms with E-state index in [1.807, 2.05) is 78.9 Å². The number of hydrogen-bond donors (Lipinski definition) is 1. The topological polar surface area (TPSA) is 58.6 Å². The first-order chi connectivity index (χ1) is 18.4. The van der Waals surface area contributed by atoms with Crippen LogP contribution in [-0.2, 0) is 22.6 Å². The number of benzene rings is 3. The van der Waals surface area contributed by atoms with Gasteiger partial charge in [-0.2, -0.15) is 0 Å². The van der Waals surface area contributed by atoms with Gasteiger partial charge in [0.2, 0.25) is 5.91 Å². The van der Waals surface area contributed by atoms with Gasteiger partial charge >= 0.3 is 0 Å². The van der Waals surface area contributed by atoms with Crippen molar-refractivity contribution in [3.05, 3.63) is 100 Å². The smallest absolute Gasteiger partial charge is 0.261 e. The molecule has 0 radical (unpaired) electrons. The lowest BCUT2D eigenvalue weighted by Gasteiger charge is -2.32. The summed E-state index contributed by atoms with van der Waals surface area (Å²) in [6, 6.07) is 25.1. The van der Waals surface area contributed by atoms with Gasteiger partial charge in [-0.25, -0.2) is 0 Å². The number of hydrogen-bond acceptors (Lipinski definition) is 3. The Morgan fingerprint density at radius 1 is 0.921 bits per heavy atom. The first-order valence-corrected chi connectivity index (χ1v) is 14.3. The number of ether oxygens (including phenoxy) is 1. The Labute approximate surface area is 234 Å². The lowest BCUT2D eigenvalue weighted by molar-refractivity contribution is -0.143. The van der Waals surface area contributed by atoms with Gasteiger partial charge in [0, 0.05) is 23.5 Å². The molecule has 1 aliphatic rings. The highest BCUT2D eigenvalue weighted by atomic mass is 79.9. The van der Waals surface area contributed by atoms with Crippen molar-refractivity contribution in [1.82, 2.24) is 10.2 Å². The lowest BCUT2D eigenvalue weighted by atomic mass is 10.0. The van der Waals surface area contributed by atoms with E-state index in [4.69, 9.17) is 4.74 Å². The van der Waals surface area contributed by atoms with Gasteiger partial charge in [0.15, 0.2) is 6.61 Å². The molecule has 0 unspecified atom stereocenters. The molecule has 0 aromatic heterocycles. The Hall–Kier alpha value is -3.12. The third-order valence-electron chi connectivity index (χ3n) is 7.15. The Balaban J connectivity index is 1.58. The van der Waals surface area contributed by atoms with E-state index in [0.717, 1.165) is 41.3 Å². The van der Waals surface area contributed by atoms with Crippen LogP contribution in [0.5, 0.6) is 5.75 Å². The number of nitrogens with zero attached hydrogens (tertiary/aromatic N) is 1. The lowest BCUT2D eigenvalue weighted by Crippen LogP contribution is -2.53. The molecular weight excluding hydrogens is 540 g/mol. The molecule has 4 rings (SSSR count). The van der Waals surface area contributed by atoms with Crippen LogP contribution >= 0.6 is 15.9 Å². The van der Waals surface area contributed by atoms with Crippen LogP contribution in [0.1, 0.15) is 62.1 Å². The van der Waals surface area contributed by atoms with Gasteiger partial charge in [0.1, 0.15) is 11.8 Å². The Kier molecular flexibility index (Phi) is 9.99. The van der Waals surface area contributed by atoms with E-state index < -0.39 is 6.04 Å². The molecule has 0 spiro atoms. The van der Waals surface area contributed by atoms with Crippen LogP contribution in [0.15, 0.2) is 83.3 Å². The van der Waals surface area contributed by atoms with Crippen molar-refractivity contribution in [2.24, 2.45) is 0 Å². The van der Waals surface area contributed by atoms with Crippen molar-refractivity contribution < 1.29 is 14.3 Å². The standard InChI is InChI=1S/C32H37BrN2O3/c1-23(2)26-14-18-29(19-15-26)38-22-31(36)35(21-25-12-16-27(33)17-13-25)30(20-24-8-4-3-5-9-24)32(37)34-28-10-6-7-11-28/h3-5,8-9,12-19,23,28,30H,6-7,10-11,20-22H2,1-2H3,(H,34,37)/t30-/m1/s1. The van der Waals surface area contributed by atoms with E-state index >= 15 is 0 Å². The second-order valence-corrected chi connectivity index (χ2v) is 11.3. The van der Waals surface area contributed by atoms with Gasteiger partial charge < -0.3 is 15.0 Å². The van der Waals surface area contributed by atoms with Crippen LogP contribution < -0.4 is 10.1 Å². The molecule has 1 saturated carbocycles. The highest BCUT2D eigenvalue weighted by molar-refractivity contribution is 9.10. The first kappa shape index (κ1) is 27.9. The summed E-state index contributed by atoms with van der Waals surface area (Å²) >= 11 is 3.49. The van der Waals surface area contributed by atoms with Crippen molar-refractivity contribution in [3.8, 4) is 5.75 Å². The predicted molar refractivity (Wildman–Crippen MR) is 155 cm³/mol. The zero-order chi connectivity index (χ0) is 26.9. The summed E-state index contributed by atoms with van der Waals surface area (Å²) < 4.78 is 6.89. The summed E-state index contributed by atoms with van der Waals surface area (Å²) in [7, 11) is 0. The minimum Gasteiger partial charge on any atom is -0.484 e. The number of carbonyl (C=O) groups is 2. The molecule has 5 nitrogen and oxygen atoms in total. The minimum absolute atomic E-state index is 0.104. The first-order valence-electron chi connectivity index (χ1n) is 13.5. The maximum absolute atomic E-state index is 13.7. The van der Waals surface area contributed by atoms with Crippen LogP contribution in [0.25, 0.3) is 0 Å². The van der Waals surface area contributed by atoms with Gasteiger partial charge in [0.05, 0.1) is 0 Å². The number of carbonyl (C=O) groups excluding carboxylic acids is 2. The normalized spacial score (nSPS) is 14.3. The SMILES string of the molecule is CC(C)c1ccc(OCC(=O)N(Cc2ccc(Br)cc2)[C@H](Cc2ccccc2)C(=O)NC2CCCC2)cc1. The monoisotopic (exact) mass is 576 g/mol. The molecule has 1 atom stereocenters. The zero-order valence-corrected chi connectivity index (χ0v) is 23.8.